The van der Waals surface area contributed by atoms with Gasteiger partial charge in [-0.05, 0) is 30.7 Å². The van der Waals surface area contributed by atoms with Crippen LogP contribution in [0.1, 0.15) is 11.1 Å². The van der Waals surface area contributed by atoms with Gasteiger partial charge in [0.05, 0.1) is 0 Å². The molecule has 0 saturated heterocycles. The molecule has 0 aliphatic carbocycles. The number of benzene rings is 2. The molecule has 0 unspecified atom stereocenters. The van der Waals surface area contributed by atoms with E-state index in [9.17, 15) is 0 Å². The van der Waals surface area contributed by atoms with Gasteiger partial charge in [0.1, 0.15) is 23.2 Å². The van der Waals surface area contributed by atoms with Crippen molar-refractivity contribution in [2.75, 3.05) is 0 Å². The molecule has 22 heavy (non-hydrogen) atoms. The zero-order valence-electron chi connectivity index (χ0n) is 12.3. The largest absolute Gasteiger partial charge is 0.487 e. The molecule has 3 rings (SSSR count). The van der Waals surface area contributed by atoms with Crippen LogP contribution < -0.4 is 4.74 Å². The number of pyridine rings is 1. The summed E-state index contributed by atoms with van der Waals surface area (Å²) in [5, 5.41) is 0.462. The zero-order valence-corrected chi connectivity index (χ0v) is 13.0. The Morgan fingerprint density at radius 1 is 0.955 bits per heavy atom. The van der Waals surface area contributed by atoms with Crippen LogP contribution in [0.25, 0.3) is 11.3 Å². The number of halogens is 1. The molecule has 0 aliphatic heterocycles. The Labute approximate surface area is 135 Å². The summed E-state index contributed by atoms with van der Waals surface area (Å²) in [4.78, 5) is 4.44. The number of hydrogen-bond acceptors (Lipinski definition) is 2. The van der Waals surface area contributed by atoms with Crippen LogP contribution in [-0.4, -0.2) is 4.98 Å². The maximum atomic E-state index is 6.06. The third-order valence-corrected chi connectivity index (χ3v) is 3.56. The van der Waals surface area contributed by atoms with Gasteiger partial charge >= 0.3 is 0 Å². The summed E-state index contributed by atoms with van der Waals surface area (Å²) >= 11 is 6.06. The third-order valence-electron chi connectivity index (χ3n) is 3.35. The lowest BCUT2D eigenvalue weighted by molar-refractivity contribution is 0.306. The van der Waals surface area contributed by atoms with E-state index in [2.05, 4.69) is 24.0 Å². The van der Waals surface area contributed by atoms with E-state index in [1.165, 1.54) is 5.56 Å². The Hall–Kier alpha value is -2.32. The van der Waals surface area contributed by atoms with Gasteiger partial charge in [-0.25, -0.2) is 4.98 Å². The van der Waals surface area contributed by atoms with E-state index in [4.69, 9.17) is 16.3 Å². The lowest BCUT2D eigenvalue weighted by Gasteiger charge is -2.12. The molecule has 3 heteroatoms. The van der Waals surface area contributed by atoms with Crippen LogP contribution in [0.5, 0.6) is 5.75 Å². The second kappa shape index (κ2) is 6.63. The molecule has 0 fully saturated rings. The van der Waals surface area contributed by atoms with Crippen LogP contribution in [0.3, 0.4) is 0 Å². The average molecular weight is 310 g/mol. The first-order valence-corrected chi connectivity index (χ1v) is 7.50. The highest BCUT2D eigenvalue weighted by atomic mass is 35.5. The van der Waals surface area contributed by atoms with Gasteiger partial charge < -0.3 is 4.74 Å². The Bertz CT molecular complexity index is 771. The molecule has 0 atom stereocenters. The van der Waals surface area contributed by atoms with Crippen molar-refractivity contribution in [2.24, 2.45) is 0 Å². The molecule has 2 aromatic carbocycles. The first kappa shape index (κ1) is 14.6. The van der Waals surface area contributed by atoms with Crippen molar-refractivity contribution < 1.29 is 4.74 Å². The third kappa shape index (κ3) is 3.46. The standard InChI is InChI=1S/C19H16ClNO/c1-14-6-5-9-16(12-14)19-17(10-11-18(20)21-19)22-13-15-7-3-2-4-8-15/h2-12H,13H2,1H3. The van der Waals surface area contributed by atoms with E-state index in [0.29, 0.717) is 11.8 Å². The quantitative estimate of drug-likeness (QED) is 0.611. The minimum absolute atomic E-state index is 0.462. The smallest absolute Gasteiger partial charge is 0.146 e. The van der Waals surface area contributed by atoms with E-state index in [-0.39, 0.29) is 0 Å². The summed E-state index contributed by atoms with van der Waals surface area (Å²) in [5.74, 6) is 0.735. The van der Waals surface area contributed by atoms with Crippen molar-refractivity contribution in [3.63, 3.8) is 0 Å². The molecule has 1 aromatic heterocycles. The van der Waals surface area contributed by atoms with E-state index < -0.39 is 0 Å². The highest BCUT2D eigenvalue weighted by Gasteiger charge is 2.10. The van der Waals surface area contributed by atoms with Gasteiger partial charge in [-0.2, -0.15) is 0 Å². The van der Waals surface area contributed by atoms with Crippen LogP contribution in [0.2, 0.25) is 5.15 Å². The van der Waals surface area contributed by atoms with Gasteiger partial charge in [-0.1, -0.05) is 65.7 Å². The number of nitrogens with zero attached hydrogens (tertiary/aromatic N) is 1. The predicted octanol–water partition coefficient (Wildman–Crippen LogP) is 5.29. The predicted molar refractivity (Wildman–Crippen MR) is 90.2 cm³/mol. The summed E-state index contributed by atoms with van der Waals surface area (Å²) < 4.78 is 5.95. The van der Waals surface area contributed by atoms with E-state index in [0.717, 1.165) is 22.6 Å². The summed E-state index contributed by atoms with van der Waals surface area (Å²) in [6.45, 7) is 2.56. The van der Waals surface area contributed by atoms with Gasteiger partial charge in [0, 0.05) is 5.56 Å². The topological polar surface area (TPSA) is 22.1 Å². The SMILES string of the molecule is Cc1cccc(-c2nc(Cl)ccc2OCc2ccccc2)c1. The van der Waals surface area contributed by atoms with E-state index >= 15 is 0 Å². The Morgan fingerprint density at radius 3 is 2.55 bits per heavy atom. The minimum atomic E-state index is 0.462. The molecule has 0 amide bonds. The fourth-order valence-electron chi connectivity index (χ4n) is 2.27. The molecule has 0 saturated carbocycles. The highest BCUT2D eigenvalue weighted by Crippen LogP contribution is 2.30. The molecule has 0 aliphatic rings. The Balaban J connectivity index is 1.91. The molecular formula is C19H16ClNO. The second-order valence-electron chi connectivity index (χ2n) is 5.12. The molecule has 3 aromatic rings. The molecule has 0 spiro atoms. The maximum Gasteiger partial charge on any atom is 0.146 e. The average Bonchev–Trinajstić information content (AvgIpc) is 2.54. The van der Waals surface area contributed by atoms with Gasteiger partial charge in [0.15, 0.2) is 0 Å². The van der Waals surface area contributed by atoms with Crippen LogP contribution >= 0.6 is 11.6 Å². The van der Waals surface area contributed by atoms with Crippen molar-refractivity contribution in [2.45, 2.75) is 13.5 Å². The molecule has 0 radical (unpaired) electrons. The number of hydrogen-bond donors (Lipinski definition) is 0. The first-order valence-electron chi connectivity index (χ1n) is 7.13. The number of ether oxygens (including phenoxy) is 1. The van der Waals surface area contributed by atoms with Crippen molar-refractivity contribution in [3.8, 4) is 17.0 Å². The van der Waals surface area contributed by atoms with Crippen molar-refractivity contribution in [1.82, 2.24) is 4.98 Å². The van der Waals surface area contributed by atoms with Crippen molar-refractivity contribution in [3.05, 3.63) is 83.0 Å². The fourth-order valence-corrected chi connectivity index (χ4v) is 2.42. The molecule has 1 heterocycles. The molecule has 0 N–H and O–H groups in total. The van der Waals surface area contributed by atoms with Gasteiger partial charge in [0.2, 0.25) is 0 Å². The summed E-state index contributed by atoms with van der Waals surface area (Å²) in [5.41, 5.74) is 4.07. The fraction of sp³-hybridized carbons (Fsp3) is 0.105. The van der Waals surface area contributed by atoms with Crippen LogP contribution in [0.15, 0.2) is 66.7 Å². The minimum Gasteiger partial charge on any atom is -0.487 e. The lowest BCUT2D eigenvalue weighted by Crippen LogP contribution is -1.98. The normalized spacial score (nSPS) is 10.5. The van der Waals surface area contributed by atoms with Crippen LogP contribution in [0.4, 0.5) is 0 Å². The molecule has 110 valence electrons. The van der Waals surface area contributed by atoms with Crippen molar-refractivity contribution >= 4 is 11.6 Å². The summed E-state index contributed by atoms with van der Waals surface area (Å²) in [6.07, 6.45) is 0. The molecular weight excluding hydrogens is 294 g/mol. The summed E-state index contributed by atoms with van der Waals surface area (Å²) in [6, 6.07) is 21.8. The number of aromatic nitrogens is 1. The van der Waals surface area contributed by atoms with Crippen LogP contribution in [-0.2, 0) is 6.61 Å². The highest BCUT2D eigenvalue weighted by molar-refractivity contribution is 6.29. The van der Waals surface area contributed by atoms with Gasteiger partial charge in [-0.3, -0.25) is 0 Å². The van der Waals surface area contributed by atoms with Gasteiger partial charge in [0.25, 0.3) is 0 Å². The Morgan fingerprint density at radius 2 is 1.77 bits per heavy atom. The molecule has 2 nitrogen and oxygen atoms in total. The molecule has 0 bridgehead atoms. The summed E-state index contributed by atoms with van der Waals surface area (Å²) in [7, 11) is 0. The maximum absolute atomic E-state index is 6.06. The van der Waals surface area contributed by atoms with E-state index in [1.54, 1.807) is 6.07 Å². The van der Waals surface area contributed by atoms with Gasteiger partial charge in [-0.15, -0.1) is 0 Å². The zero-order chi connectivity index (χ0) is 15.4. The lowest BCUT2D eigenvalue weighted by atomic mass is 10.1. The second-order valence-corrected chi connectivity index (χ2v) is 5.51. The van der Waals surface area contributed by atoms with Crippen LogP contribution in [0, 0.1) is 6.92 Å². The van der Waals surface area contributed by atoms with Crippen molar-refractivity contribution in [1.29, 1.82) is 0 Å². The Kier molecular flexibility index (Phi) is 4.40. The number of aryl methyl sites for hydroxylation is 1. The number of rotatable bonds is 4. The monoisotopic (exact) mass is 309 g/mol. The van der Waals surface area contributed by atoms with E-state index in [1.807, 2.05) is 48.5 Å². The first-order chi connectivity index (χ1) is 10.7.